The zero-order chi connectivity index (χ0) is 55.7. The highest BCUT2D eigenvalue weighted by atomic mass is 16.6. The van der Waals surface area contributed by atoms with Gasteiger partial charge in [-0.05, 0) is 116 Å². The molecule has 432 valence electrons. The average molecular weight is 1060 g/mol. The number of unbranched alkanes of at least 4 members (excludes halogenated alkanes) is 17. The summed E-state index contributed by atoms with van der Waals surface area (Å²) in [6, 6.07) is 0. The molecule has 0 radical (unpaired) electrons. The van der Waals surface area contributed by atoms with Gasteiger partial charge in [-0.25, -0.2) is 0 Å². The smallest absolute Gasteiger partial charge is 0.306 e. The second-order valence-electron chi connectivity index (χ2n) is 19.9. The average Bonchev–Trinajstić information content (AvgIpc) is 3.43. The molecule has 0 aliphatic rings. The van der Waals surface area contributed by atoms with Crippen molar-refractivity contribution in [3.8, 4) is 0 Å². The fourth-order valence-corrected chi connectivity index (χ4v) is 7.98. The van der Waals surface area contributed by atoms with Crippen LogP contribution in [0.15, 0.2) is 158 Å². The van der Waals surface area contributed by atoms with Crippen molar-refractivity contribution in [2.75, 3.05) is 13.2 Å². The molecule has 0 fully saturated rings. The van der Waals surface area contributed by atoms with E-state index in [0.717, 1.165) is 141 Å². The van der Waals surface area contributed by atoms with Crippen molar-refractivity contribution in [1.82, 2.24) is 0 Å². The van der Waals surface area contributed by atoms with Crippen molar-refractivity contribution < 1.29 is 28.6 Å². The molecule has 0 aromatic heterocycles. The summed E-state index contributed by atoms with van der Waals surface area (Å²) in [5.74, 6) is -1.02. The van der Waals surface area contributed by atoms with E-state index in [2.05, 4.69) is 167 Å². The van der Waals surface area contributed by atoms with Crippen molar-refractivity contribution >= 4 is 17.9 Å². The van der Waals surface area contributed by atoms with Gasteiger partial charge in [-0.1, -0.05) is 275 Å². The van der Waals surface area contributed by atoms with Gasteiger partial charge < -0.3 is 14.2 Å². The number of carbonyl (C=O) groups excluding carboxylic acids is 3. The van der Waals surface area contributed by atoms with E-state index in [9.17, 15) is 14.4 Å². The highest BCUT2D eigenvalue weighted by molar-refractivity contribution is 5.71. The van der Waals surface area contributed by atoms with Gasteiger partial charge in [-0.15, -0.1) is 0 Å². The largest absolute Gasteiger partial charge is 0.462 e. The summed E-state index contributed by atoms with van der Waals surface area (Å²) in [6.07, 6.45) is 92.7. The Morgan fingerprint density at radius 2 is 0.532 bits per heavy atom. The number of allylic oxidation sites excluding steroid dienone is 26. The number of ether oxygens (including phenoxy) is 3. The van der Waals surface area contributed by atoms with Crippen LogP contribution >= 0.6 is 0 Å². The zero-order valence-corrected chi connectivity index (χ0v) is 49.4. The molecule has 0 aliphatic heterocycles. The van der Waals surface area contributed by atoms with E-state index in [1.165, 1.54) is 64.2 Å². The molecule has 0 aromatic rings. The molecule has 77 heavy (non-hydrogen) atoms. The van der Waals surface area contributed by atoms with Crippen LogP contribution in [0.25, 0.3) is 0 Å². The molecular weight excluding hydrogens is 949 g/mol. The molecular formula is C71H112O6. The minimum atomic E-state index is -0.829. The Labute approximate surface area is 473 Å². The van der Waals surface area contributed by atoms with Crippen LogP contribution in [0.1, 0.15) is 252 Å². The van der Waals surface area contributed by atoms with Gasteiger partial charge in [0.15, 0.2) is 6.10 Å². The number of hydrogen-bond acceptors (Lipinski definition) is 6. The fraction of sp³-hybridized carbons (Fsp3) is 0.592. The van der Waals surface area contributed by atoms with Crippen molar-refractivity contribution in [3.63, 3.8) is 0 Å². The third-order valence-electron chi connectivity index (χ3n) is 12.5. The highest BCUT2D eigenvalue weighted by Crippen LogP contribution is 2.14. The normalized spacial score (nSPS) is 13.2. The van der Waals surface area contributed by atoms with Crippen LogP contribution in [-0.4, -0.2) is 37.2 Å². The van der Waals surface area contributed by atoms with Gasteiger partial charge in [-0.2, -0.15) is 0 Å². The van der Waals surface area contributed by atoms with Gasteiger partial charge in [-0.3, -0.25) is 14.4 Å². The van der Waals surface area contributed by atoms with Crippen molar-refractivity contribution in [3.05, 3.63) is 158 Å². The summed E-state index contributed by atoms with van der Waals surface area (Å²) in [7, 11) is 0. The third-order valence-corrected chi connectivity index (χ3v) is 12.5. The molecule has 0 aromatic carbocycles. The maximum absolute atomic E-state index is 12.8. The van der Waals surface area contributed by atoms with E-state index in [1.54, 1.807) is 0 Å². The first kappa shape index (κ1) is 72.0. The molecule has 0 saturated heterocycles. The molecule has 6 heteroatoms. The topological polar surface area (TPSA) is 78.9 Å². The summed E-state index contributed by atoms with van der Waals surface area (Å²) in [4.78, 5) is 38.1. The van der Waals surface area contributed by atoms with E-state index in [0.29, 0.717) is 19.3 Å². The van der Waals surface area contributed by atoms with E-state index < -0.39 is 12.1 Å². The molecule has 0 spiro atoms. The first-order valence-corrected chi connectivity index (χ1v) is 31.0. The summed E-state index contributed by atoms with van der Waals surface area (Å²) >= 11 is 0. The predicted molar refractivity (Wildman–Crippen MR) is 334 cm³/mol. The lowest BCUT2D eigenvalue weighted by Gasteiger charge is -2.18. The van der Waals surface area contributed by atoms with Crippen molar-refractivity contribution in [2.24, 2.45) is 0 Å². The molecule has 0 rings (SSSR count). The summed E-state index contributed by atoms with van der Waals surface area (Å²) in [5.41, 5.74) is 0. The predicted octanol–water partition coefficient (Wildman–Crippen LogP) is 21.3. The Morgan fingerprint density at radius 1 is 0.273 bits per heavy atom. The summed E-state index contributed by atoms with van der Waals surface area (Å²) in [6.45, 7) is 6.32. The van der Waals surface area contributed by atoms with Gasteiger partial charge in [0, 0.05) is 19.3 Å². The lowest BCUT2D eigenvalue weighted by atomic mass is 10.0. The van der Waals surface area contributed by atoms with E-state index in [4.69, 9.17) is 14.2 Å². The number of rotatable bonds is 54. The Hall–Kier alpha value is -4.97. The van der Waals surface area contributed by atoms with Gasteiger partial charge in [0.1, 0.15) is 13.2 Å². The van der Waals surface area contributed by atoms with Crippen LogP contribution < -0.4 is 0 Å². The minimum absolute atomic E-state index is 0.116. The quantitative estimate of drug-likeness (QED) is 0.0261. The Bertz CT molecular complexity index is 1740. The fourth-order valence-electron chi connectivity index (χ4n) is 7.98. The number of esters is 3. The maximum Gasteiger partial charge on any atom is 0.306 e. The third kappa shape index (κ3) is 61.8. The lowest BCUT2D eigenvalue weighted by Crippen LogP contribution is -2.30. The van der Waals surface area contributed by atoms with E-state index >= 15 is 0 Å². The monoisotopic (exact) mass is 1060 g/mol. The van der Waals surface area contributed by atoms with Gasteiger partial charge in [0.25, 0.3) is 0 Å². The molecule has 6 nitrogen and oxygen atoms in total. The Balaban J connectivity index is 4.34. The number of hydrogen-bond donors (Lipinski definition) is 0. The molecule has 0 heterocycles. The van der Waals surface area contributed by atoms with Crippen molar-refractivity contribution in [1.29, 1.82) is 0 Å². The zero-order valence-electron chi connectivity index (χ0n) is 49.4. The van der Waals surface area contributed by atoms with Crippen LogP contribution in [-0.2, 0) is 28.6 Å². The Kier molecular flexibility index (Phi) is 59.5. The van der Waals surface area contributed by atoms with Gasteiger partial charge in [0.05, 0.1) is 0 Å². The molecule has 0 aliphatic carbocycles. The molecule has 1 unspecified atom stereocenters. The van der Waals surface area contributed by atoms with Crippen LogP contribution in [0, 0.1) is 0 Å². The van der Waals surface area contributed by atoms with Gasteiger partial charge in [0.2, 0.25) is 0 Å². The molecule has 0 amide bonds. The van der Waals surface area contributed by atoms with Crippen LogP contribution in [0.3, 0.4) is 0 Å². The summed E-state index contributed by atoms with van der Waals surface area (Å²) in [5, 5.41) is 0. The second-order valence-corrected chi connectivity index (χ2v) is 19.9. The summed E-state index contributed by atoms with van der Waals surface area (Å²) < 4.78 is 16.8. The van der Waals surface area contributed by atoms with Crippen LogP contribution in [0.2, 0.25) is 0 Å². The van der Waals surface area contributed by atoms with Crippen LogP contribution in [0.5, 0.6) is 0 Å². The standard InChI is InChI=1S/C71H112O6/c1-4-7-10-13-16-19-22-25-26-27-28-29-30-31-32-33-34-35-36-37-38-39-40-41-42-43-44-47-49-52-55-58-61-64-70(73)76-67-68(77-71(74)65-62-59-56-53-50-46-24-21-18-15-12-9-6-3)66-75-69(72)63-60-57-54-51-48-45-23-20-17-14-11-8-5-2/h7,9-10,12,16,18-19,21,25-26,28-29,31-32,34-35,37-38,40-41,43-44,46,50,56,59,68H,4-6,8,11,13-15,17,20,22-24,27,30,33,36,39,42,45,47-49,51-55,57-58,60-67H2,1-3H3/b10-7-,12-9-,19-16-,21-18-,26-25-,29-28-,32-31-,35-34-,38-37-,41-40-,44-43-,50-46-,59-56-. The molecule has 0 saturated carbocycles. The SMILES string of the molecule is CC/C=C\C/C=C\C/C=C\C/C=C\C/C=C\C/C=C\C/C=C\C/C=C\C/C=C\CCCCCCCC(=O)OCC(COC(=O)CCCCCCCCCCCCCCC)OC(=O)CC/C=C\C/C=C\C/C=C\C/C=C\CC. The highest BCUT2D eigenvalue weighted by Gasteiger charge is 2.19. The first-order valence-electron chi connectivity index (χ1n) is 31.0. The number of carbonyl (C=O) groups is 3. The van der Waals surface area contributed by atoms with Crippen LogP contribution in [0.4, 0.5) is 0 Å². The second kappa shape index (κ2) is 63.6. The van der Waals surface area contributed by atoms with E-state index in [1.807, 2.05) is 12.2 Å². The molecule has 1 atom stereocenters. The molecule has 0 N–H and O–H groups in total. The van der Waals surface area contributed by atoms with E-state index in [-0.39, 0.29) is 31.6 Å². The first-order chi connectivity index (χ1) is 38.0. The lowest BCUT2D eigenvalue weighted by molar-refractivity contribution is -0.166. The molecule has 0 bridgehead atoms. The minimum Gasteiger partial charge on any atom is -0.462 e. The van der Waals surface area contributed by atoms with Crippen molar-refractivity contribution in [2.45, 2.75) is 258 Å². The Morgan fingerprint density at radius 3 is 0.844 bits per heavy atom. The maximum atomic E-state index is 12.8. The van der Waals surface area contributed by atoms with Gasteiger partial charge >= 0.3 is 17.9 Å².